The lowest BCUT2D eigenvalue weighted by atomic mass is 9.94. The van der Waals surface area contributed by atoms with Crippen LogP contribution in [0, 0.1) is 5.92 Å². The molecule has 22 heavy (non-hydrogen) atoms. The number of hydrogen-bond acceptors (Lipinski definition) is 5. The summed E-state index contributed by atoms with van der Waals surface area (Å²) in [5.41, 5.74) is -0.662. The number of hydrogen-bond donors (Lipinski definition) is 2. The molecule has 0 saturated heterocycles. The summed E-state index contributed by atoms with van der Waals surface area (Å²) in [5, 5.41) is 10.6. The number of alkyl halides is 1. The highest BCUT2D eigenvalue weighted by Gasteiger charge is 2.28. The van der Waals surface area contributed by atoms with E-state index >= 15 is 0 Å². The summed E-state index contributed by atoms with van der Waals surface area (Å²) in [6.45, 7) is 5.19. The molecule has 0 aromatic carbocycles. The number of carbonyl (C=O) groups is 2. The lowest BCUT2D eigenvalue weighted by Gasteiger charge is -2.25. The van der Waals surface area contributed by atoms with Crippen molar-refractivity contribution >= 4 is 23.7 Å². The van der Waals surface area contributed by atoms with Crippen LogP contribution >= 0.6 is 11.6 Å². The maximum atomic E-state index is 11.8. The maximum Gasteiger partial charge on any atom is 0.408 e. The molecule has 1 aliphatic carbocycles. The number of nitrogens with one attached hydrogen (secondary N) is 1. The van der Waals surface area contributed by atoms with Gasteiger partial charge in [-0.05, 0) is 45.3 Å². The molecule has 7 heteroatoms. The van der Waals surface area contributed by atoms with Crippen LogP contribution in [0.1, 0.15) is 27.2 Å². The fourth-order valence-electron chi connectivity index (χ4n) is 1.87. The first kappa shape index (κ1) is 18.5. The Kier molecular flexibility index (Phi) is 6.02. The Labute approximate surface area is 135 Å². The summed E-state index contributed by atoms with van der Waals surface area (Å²) in [6, 6.07) is -0.860. The minimum atomic E-state index is -1.50. The molecule has 0 fully saturated rings. The van der Waals surface area contributed by atoms with Crippen LogP contribution in [0.2, 0.25) is 0 Å². The van der Waals surface area contributed by atoms with Crippen molar-refractivity contribution in [2.45, 2.75) is 43.9 Å². The number of allylic oxidation sites excluding steroid dienone is 2. The van der Waals surface area contributed by atoms with Gasteiger partial charge in [-0.25, -0.2) is 9.59 Å². The molecule has 6 nitrogen and oxygen atoms in total. The van der Waals surface area contributed by atoms with Gasteiger partial charge in [0.15, 0.2) is 5.06 Å². The lowest BCUT2D eigenvalue weighted by Crippen LogP contribution is -2.45. The molecule has 0 aromatic rings. The molecule has 0 saturated carbocycles. The number of carbonyl (C=O) groups excluding carboxylic acids is 2. The number of aliphatic hydroxyl groups is 1. The average Bonchev–Trinajstić information content (AvgIpc) is 2.37. The maximum absolute atomic E-state index is 11.8. The third-order valence-electron chi connectivity index (χ3n) is 2.84. The van der Waals surface area contributed by atoms with Gasteiger partial charge in [-0.15, -0.1) is 0 Å². The Balaban J connectivity index is 2.69. The lowest BCUT2D eigenvalue weighted by molar-refractivity contribution is -0.143. The van der Waals surface area contributed by atoms with Crippen LogP contribution < -0.4 is 5.32 Å². The van der Waals surface area contributed by atoms with Crippen molar-refractivity contribution in [3.8, 4) is 0 Å². The number of esters is 1. The van der Waals surface area contributed by atoms with Crippen molar-refractivity contribution in [1.82, 2.24) is 5.32 Å². The topological polar surface area (TPSA) is 84.9 Å². The molecular weight excluding hydrogens is 310 g/mol. The largest absolute Gasteiger partial charge is 0.467 e. The monoisotopic (exact) mass is 331 g/mol. The van der Waals surface area contributed by atoms with Crippen molar-refractivity contribution in [2.75, 3.05) is 7.11 Å². The van der Waals surface area contributed by atoms with Crippen molar-refractivity contribution in [1.29, 1.82) is 0 Å². The van der Waals surface area contributed by atoms with Gasteiger partial charge < -0.3 is 19.9 Å². The molecule has 0 heterocycles. The number of alkyl carbamates (subject to hydrolysis) is 1. The average molecular weight is 332 g/mol. The van der Waals surface area contributed by atoms with Crippen LogP contribution in [0.4, 0.5) is 4.79 Å². The van der Waals surface area contributed by atoms with Gasteiger partial charge in [0, 0.05) is 0 Å². The van der Waals surface area contributed by atoms with Gasteiger partial charge in [0.25, 0.3) is 0 Å². The number of halogens is 1. The zero-order valence-electron chi connectivity index (χ0n) is 13.1. The van der Waals surface area contributed by atoms with E-state index in [-0.39, 0.29) is 12.3 Å². The van der Waals surface area contributed by atoms with Gasteiger partial charge in [0.1, 0.15) is 11.6 Å². The highest BCUT2D eigenvalue weighted by Crippen LogP contribution is 2.25. The van der Waals surface area contributed by atoms with Crippen LogP contribution in [-0.4, -0.2) is 41.0 Å². The highest BCUT2D eigenvalue weighted by atomic mass is 35.5. The van der Waals surface area contributed by atoms with Gasteiger partial charge in [0.05, 0.1) is 7.11 Å². The van der Waals surface area contributed by atoms with Crippen molar-refractivity contribution in [3.05, 3.63) is 24.3 Å². The first-order chi connectivity index (χ1) is 10.0. The Morgan fingerprint density at radius 3 is 2.36 bits per heavy atom. The van der Waals surface area contributed by atoms with Crippen molar-refractivity contribution in [3.63, 3.8) is 0 Å². The van der Waals surface area contributed by atoms with E-state index in [1.807, 2.05) is 0 Å². The summed E-state index contributed by atoms with van der Waals surface area (Å²) >= 11 is 5.72. The van der Waals surface area contributed by atoms with Crippen LogP contribution in [-0.2, 0) is 14.3 Å². The van der Waals surface area contributed by atoms with E-state index in [2.05, 4.69) is 5.32 Å². The molecule has 0 radical (unpaired) electrons. The molecule has 1 aliphatic rings. The molecule has 0 aliphatic heterocycles. The second-order valence-electron chi connectivity index (χ2n) is 6.07. The second kappa shape index (κ2) is 7.15. The van der Waals surface area contributed by atoms with Gasteiger partial charge in [-0.2, -0.15) is 0 Å². The zero-order chi connectivity index (χ0) is 17.0. The number of rotatable bonds is 4. The SMILES string of the molecule is COC(=O)[C@H](CC1C=CC(O)(Cl)C=C1)NC(=O)OC(C)(C)C. The fourth-order valence-corrected chi connectivity index (χ4v) is 2.02. The number of methoxy groups -OCH3 is 1. The highest BCUT2D eigenvalue weighted by molar-refractivity contribution is 6.25. The normalized spacial score (nSPS) is 25.5. The second-order valence-corrected chi connectivity index (χ2v) is 6.67. The Hall–Kier alpha value is -1.53. The number of ether oxygens (including phenoxy) is 2. The molecule has 0 spiro atoms. The summed E-state index contributed by atoms with van der Waals surface area (Å²) in [7, 11) is 1.25. The van der Waals surface area contributed by atoms with Gasteiger partial charge >= 0.3 is 12.1 Å². The predicted molar refractivity (Wildman–Crippen MR) is 82.4 cm³/mol. The minimum absolute atomic E-state index is 0.168. The molecule has 0 bridgehead atoms. The molecule has 124 valence electrons. The summed E-state index contributed by atoms with van der Waals surface area (Å²) in [6.07, 6.45) is 5.74. The molecule has 1 atom stereocenters. The summed E-state index contributed by atoms with van der Waals surface area (Å²) < 4.78 is 9.82. The summed E-state index contributed by atoms with van der Waals surface area (Å²) in [5.74, 6) is -0.738. The Morgan fingerprint density at radius 1 is 1.36 bits per heavy atom. The van der Waals surface area contributed by atoms with Gasteiger partial charge in [0.2, 0.25) is 0 Å². The Morgan fingerprint density at radius 2 is 1.91 bits per heavy atom. The van der Waals surface area contributed by atoms with Crippen LogP contribution in [0.25, 0.3) is 0 Å². The van der Waals surface area contributed by atoms with Crippen LogP contribution in [0.5, 0.6) is 0 Å². The third kappa shape index (κ3) is 6.49. The minimum Gasteiger partial charge on any atom is -0.467 e. The first-order valence-corrected chi connectivity index (χ1v) is 7.27. The van der Waals surface area contributed by atoms with E-state index in [1.54, 1.807) is 32.9 Å². The van der Waals surface area contributed by atoms with E-state index in [0.29, 0.717) is 0 Å². The van der Waals surface area contributed by atoms with Gasteiger partial charge in [-0.1, -0.05) is 23.8 Å². The van der Waals surface area contributed by atoms with E-state index in [1.165, 1.54) is 19.3 Å². The number of amides is 1. The smallest absolute Gasteiger partial charge is 0.408 e. The fraction of sp³-hybridized carbons (Fsp3) is 0.600. The van der Waals surface area contributed by atoms with Crippen LogP contribution in [0.15, 0.2) is 24.3 Å². The first-order valence-electron chi connectivity index (χ1n) is 6.90. The van der Waals surface area contributed by atoms with Crippen molar-refractivity contribution < 1.29 is 24.2 Å². The molecule has 0 unspecified atom stereocenters. The molecule has 1 amide bonds. The third-order valence-corrected chi connectivity index (χ3v) is 3.09. The van der Waals surface area contributed by atoms with E-state index in [4.69, 9.17) is 21.1 Å². The standard InChI is InChI=1S/C15H22ClNO5/c1-14(2,3)22-13(19)17-11(12(18)21-4)9-10-5-7-15(16,20)8-6-10/h5-8,10-11,20H,9H2,1-4H3,(H,17,19)/t10?,11-,15?/m0/s1. The van der Waals surface area contributed by atoms with Crippen molar-refractivity contribution in [2.24, 2.45) is 5.92 Å². The molecule has 0 aromatic heterocycles. The van der Waals surface area contributed by atoms with E-state index in [9.17, 15) is 14.7 Å². The van der Waals surface area contributed by atoms with Gasteiger partial charge in [-0.3, -0.25) is 0 Å². The zero-order valence-corrected chi connectivity index (χ0v) is 13.9. The Bertz CT molecular complexity index is 463. The molecular formula is C15H22ClNO5. The summed E-state index contributed by atoms with van der Waals surface area (Å²) in [4.78, 5) is 23.6. The molecule has 1 rings (SSSR count). The predicted octanol–water partition coefficient (Wildman–Crippen LogP) is 2.11. The van der Waals surface area contributed by atoms with E-state index in [0.717, 1.165) is 0 Å². The van der Waals surface area contributed by atoms with E-state index < -0.39 is 28.8 Å². The molecule has 2 N–H and O–H groups in total. The quantitative estimate of drug-likeness (QED) is 0.468. The van der Waals surface area contributed by atoms with Crippen LogP contribution in [0.3, 0.4) is 0 Å².